The Labute approximate surface area is 105 Å². The lowest BCUT2D eigenvalue weighted by Gasteiger charge is -2.07. The molecule has 0 aliphatic heterocycles. The summed E-state index contributed by atoms with van der Waals surface area (Å²) in [5.41, 5.74) is 5.22. The van der Waals surface area contributed by atoms with Gasteiger partial charge >= 0.3 is 17.9 Å². The molecule has 0 saturated heterocycles. The average Bonchev–Trinajstić information content (AvgIpc) is 2.27. The van der Waals surface area contributed by atoms with Gasteiger partial charge in [0.25, 0.3) is 0 Å². The molecule has 0 aliphatic carbocycles. The zero-order chi connectivity index (χ0) is 14.0. The summed E-state index contributed by atoms with van der Waals surface area (Å²) in [5.74, 6) is -2.39. The Hall–Kier alpha value is -1.63. The number of esters is 1. The van der Waals surface area contributed by atoms with Crippen molar-refractivity contribution in [2.24, 2.45) is 5.73 Å². The molecular formula is C11H19NO6. The van der Waals surface area contributed by atoms with Crippen LogP contribution in [0, 0.1) is 0 Å². The van der Waals surface area contributed by atoms with E-state index in [1.807, 2.05) is 0 Å². The molecule has 0 aliphatic rings. The number of carboxylic acid groups (broad SMARTS) is 2. The quantitative estimate of drug-likeness (QED) is 0.383. The number of ether oxygens (including phenoxy) is 1. The number of carbonyl (C=O) groups is 3. The van der Waals surface area contributed by atoms with Gasteiger partial charge in [-0.1, -0.05) is 6.42 Å². The summed E-state index contributed by atoms with van der Waals surface area (Å²) in [7, 11) is 0. The number of aliphatic carboxylic acids is 2. The maximum absolute atomic E-state index is 11.2. The van der Waals surface area contributed by atoms with Gasteiger partial charge in [0.1, 0.15) is 6.04 Å². The highest BCUT2D eigenvalue weighted by Crippen LogP contribution is 2.04. The molecule has 0 saturated carbocycles. The highest BCUT2D eigenvalue weighted by Gasteiger charge is 2.12. The smallest absolute Gasteiger partial charge is 0.320 e. The van der Waals surface area contributed by atoms with Crippen molar-refractivity contribution in [3.05, 3.63) is 0 Å². The average molecular weight is 261 g/mol. The topological polar surface area (TPSA) is 127 Å². The Kier molecular flexibility index (Phi) is 8.55. The van der Waals surface area contributed by atoms with Crippen LogP contribution in [0.3, 0.4) is 0 Å². The fourth-order valence-corrected chi connectivity index (χ4v) is 1.22. The van der Waals surface area contributed by atoms with Gasteiger partial charge in [-0.3, -0.25) is 14.4 Å². The Morgan fingerprint density at radius 1 is 1.06 bits per heavy atom. The number of unbranched alkanes of at least 4 members (excludes halogenated alkanes) is 2. The van der Waals surface area contributed by atoms with Crippen molar-refractivity contribution in [2.75, 3.05) is 6.61 Å². The van der Waals surface area contributed by atoms with Gasteiger partial charge in [0.2, 0.25) is 0 Å². The van der Waals surface area contributed by atoms with Gasteiger partial charge in [-0.2, -0.15) is 0 Å². The molecule has 0 aromatic carbocycles. The molecule has 1 atom stereocenters. The molecule has 7 nitrogen and oxygen atoms in total. The Morgan fingerprint density at radius 3 is 2.22 bits per heavy atom. The highest BCUT2D eigenvalue weighted by molar-refractivity contribution is 5.73. The van der Waals surface area contributed by atoms with Crippen LogP contribution in [0.2, 0.25) is 0 Å². The van der Waals surface area contributed by atoms with E-state index in [1.54, 1.807) is 0 Å². The lowest BCUT2D eigenvalue weighted by molar-refractivity contribution is -0.146. The summed E-state index contributed by atoms with van der Waals surface area (Å²) < 4.78 is 4.79. The van der Waals surface area contributed by atoms with Gasteiger partial charge in [0.15, 0.2) is 0 Å². The van der Waals surface area contributed by atoms with Crippen LogP contribution >= 0.6 is 0 Å². The normalized spacial score (nSPS) is 11.8. The van der Waals surface area contributed by atoms with Crippen LogP contribution in [-0.4, -0.2) is 40.8 Å². The summed E-state index contributed by atoms with van der Waals surface area (Å²) in [6.07, 6.45) is 2.14. The molecular weight excluding hydrogens is 242 g/mol. The van der Waals surface area contributed by atoms with Gasteiger partial charge in [-0.25, -0.2) is 0 Å². The molecule has 4 N–H and O–H groups in total. The van der Waals surface area contributed by atoms with E-state index < -0.39 is 23.9 Å². The maximum Gasteiger partial charge on any atom is 0.320 e. The van der Waals surface area contributed by atoms with E-state index in [0.717, 1.165) is 0 Å². The first kappa shape index (κ1) is 16.4. The van der Waals surface area contributed by atoms with Gasteiger partial charge in [0, 0.05) is 19.3 Å². The molecule has 0 spiro atoms. The number of nitrogens with two attached hydrogens (primary N) is 1. The van der Waals surface area contributed by atoms with Crippen LogP contribution < -0.4 is 5.73 Å². The zero-order valence-electron chi connectivity index (χ0n) is 10.1. The molecule has 0 radical (unpaired) electrons. The van der Waals surface area contributed by atoms with Crippen molar-refractivity contribution in [2.45, 2.75) is 44.6 Å². The summed E-state index contributed by atoms with van der Waals surface area (Å²) >= 11 is 0. The number of carbonyl (C=O) groups excluding carboxylic acids is 1. The van der Waals surface area contributed by atoms with Crippen LogP contribution in [0.25, 0.3) is 0 Å². The molecule has 0 aromatic rings. The summed E-state index contributed by atoms with van der Waals surface area (Å²) in [6, 6.07) is -1.02. The van der Waals surface area contributed by atoms with E-state index in [2.05, 4.69) is 0 Å². The molecule has 0 bridgehead atoms. The standard InChI is InChI=1S/C11H19NO6/c12-8(11(16)17)6-7-18-10(15)5-3-1-2-4-9(13)14/h8H,1-7,12H2,(H,13,14)(H,16,17)/t8-/m0/s1. The molecule has 18 heavy (non-hydrogen) atoms. The molecule has 0 unspecified atom stereocenters. The van der Waals surface area contributed by atoms with Crippen LogP contribution in [0.15, 0.2) is 0 Å². The molecule has 104 valence electrons. The second-order valence-electron chi connectivity index (χ2n) is 3.91. The Morgan fingerprint density at radius 2 is 1.67 bits per heavy atom. The lowest BCUT2D eigenvalue weighted by Crippen LogP contribution is -2.31. The largest absolute Gasteiger partial charge is 0.481 e. The minimum atomic E-state index is -1.13. The van der Waals surface area contributed by atoms with Crippen molar-refractivity contribution in [3.63, 3.8) is 0 Å². The van der Waals surface area contributed by atoms with E-state index >= 15 is 0 Å². The fourth-order valence-electron chi connectivity index (χ4n) is 1.22. The van der Waals surface area contributed by atoms with E-state index in [4.69, 9.17) is 20.7 Å². The van der Waals surface area contributed by atoms with Crippen LogP contribution in [0.1, 0.15) is 38.5 Å². The first-order chi connectivity index (χ1) is 8.43. The first-order valence-corrected chi connectivity index (χ1v) is 5.79. The second-order valence-corrected chi connectivity index (χ2v) is 3.91. The Bertz CT molecular complexity index is 291. The van der Waals surface area contributed by atoms with Crippen molar-refractivity contribution < 1.29 is 29.3 Å². The third kappa shape index (κ3) is 9.59. The van der Waals surface area contributed by atoms with Crippen molar-refractivity contribution in [3.8, 4) is 0 Å². The minimum absolute atomic E-state index is 0.0125. The lowest BCUT2D eigenvalue weighted by atomic mass is 10.1. The van der Waals surface area contributed by atoms with Crippen LogP contribution in [0.5, 0.6) is 0 Å². The number of hydrogen-bond acceptors (Lipinski definition) is 5. The molecule has 0 rings (SSSR count). The minimum Gasteiger partial charge on any atom is -0.481 e. The Balaban J connectivity index is 3.43. The van der Waals surface area contributed by atoms with Crippen LogP contribution in [0.4, 0.5) is 0 Å². The van der Waals surface area contributed by atoms with Gasteiger partial charge < -0.3 is 20.7 Å². The molecule has 7 heteroatoms. The third-order valence-corrected chi connectivity index (χ3v) is 2.28. The van der Waals surface area contributed by atoms with E-state index in [-0.39, 0.29) is 25.9 Å². The molecule has 0 aromatic heterocycles. The van der Waals surface area contributed by atoms with E-state index in [9.17, 15) is 14.4 Å². The molecule has 0 fully saturated rings. The monoisotopic (exact) mass is 261 g/mol. The van der Waals surface area contributed by atoms with Crippen molar-refractivity contribution in [1.29, 1.82) is 0 Å². The third-order valence-electron chi connectivity index (χ3n) is 2.28. The summed E-state index contributed by atoms with van der Waals surface area (Å²) in [5, 5.41) is 16.9. The summed E-state index contributed by atoms with van der Waals surface area (Å²) in [4.78, 5) is 31.7. The molecule has 0 amide bonds. The predicted octanol–water partition coefficient (Wildman–Crippen LogP) is 0.367. The van der Waals surface area contributed by atoms with Gasteiger partial charge in [-0.05, 0) is 12.8 Å². The number of rotatable bonds is 10. The van der Waals surface area contributed by atoms with E-state index in [0.29, 0.717) is 19.3 Å². The van der Waals surface area contributed by atoms with Gasteiger partial charge in [-0.15, -0.1) is 0 Å². The predicted molar refractivity (Wildman–Crippen MR) is 61.9 cm³/mol. The molecule has 0 heterocycles. The zero-order valence-corrected chi connectivity index (χ0v) is 10.1. The van der Waals surface area contributed by atoms with Crippen molar-refractivity contribution in [1.82, 2.24) is 0 Å². The SMILES string of the molecule is N[C@@H](CCOC(=O)CCCCCC(=O)O)C(=O)O. The number of carboxylic acids is 2. The first-order valence-electron chi connectivity index (χ1n) is 5.79. The van der Waals surface area contributed by atoms with Crippen LogP contribution in [-0.2, 0) is 19.1 Å². The summed E-state index contributed by atoms with van der Waals surface area (Å²) in [6.45, 7) is -0.0125. The highest BCUT2D eigenvalue weighted by atomic mass is 16.5. The number of hydrogen-bond donors (Lipinski definition) is 3. The van der Waals surface area contributed by atoms with E-state index in [1.165, 1.54) is 0 Å². The van der Waals surface area contributed by atoms with Crippen molar-refractivity contribution >= 4 is 17.9 Å². The fraction of sp³-hybridized carbons (Fsp3) is 0.727. The maximum atomic E-state index is 11.2. The van der Waals surface area contributed by atoms with Gasteiger partial charge in [0.05, 0.1) is 6.61 Å². The second kappa shape index (κ2) is 9.41.